The van der Waals surface area contributed by atoms with Gasteiger partial charge in [-0.05, 0) is 82.7 Å². The molecule has 0 spiro atoms. The van der Waals surface area contributed by atoms with E-state index >= 15 is 0 Å². The maximum absolute atomic E-state index is 14.0. The molecule has 0 saturated heterocycles. The minimum atomic E-state index is -2.05. The molecule has 0 aromatic heterocycles. The number of aliphatic hydroxyl groups is 3. The second-order valence-corrected chi connectivity index (χ2v) is 20.8. The largest absolute Gasteiger partial charge is 0.481 e. The first-order valence-corrected chi connectivity index (χ1v) is 28.1. The maximum Gasteiger partial charge on any atom is 0.326 e. The molecule has 0 aromatic carbocycles. The number of nitrogens with two attached hydrogens (primary N) is 5. The molecule has 36 nitrogen and oxygen atoms in total. The van der Waals surface area contributed by atoms with Gasteiger partial charge in [-0.25, -0.2) is 4.79 Å². The maximum atomic E-state index is 14.0. The van der Waals surface area contributed by atoms with Crippen molar-refractivity contribution in [3.8, 4) is 0 Å². The van der Waals surface area contributed by atoms with Crippen LogP contribution in [0.1, 0.15) is 118 Å². The van der Waals surface area contributed by atoms with Gasteiger partial charge in [0, 0.05) is 12.8 Å². The Hall–Kier alpha value is -8.19. The molecule has 0 bridgehead atoms. The Kier molecular flexibility index (Phi) is 37.9. The van der Waals surface area contributed by atoms with Crippen LogP contribution in [0.3, 0.4) is 0 Å². The van der Waals surface area contributed by atoms with Crippen LogP contribution in [0.5, 0.6) is 0 Å². The Balaban J connectivity index is 6.52. The minimum Gasteiger partial charge on any atom is -0.481 e. The van der Waals surface area contributed by atoms with E-state index in [2.05, 4.69) is 47.9 Å². The van der Waals surface area contributed by atoms with E-state index in [0.717, 1.165) is 0 Å². The summed E-state index contributed by atoms with van der Waals surface area (Å²) in [4.78, 5) is 193. The van der Waals surface area contributed by atoms with Crippen LogP contribution >= 0.6 is 0 Å². The first kappa shape index (κ1) is 78.8. The van der Waals surface area contributed by atoms with Crippen molar-refractivity contribution < 1.29 is 103 Å². The van der Waals surface area contributed by atoms with Gasteiger partial charge in [0.25, 0.3) is 0 Å². The monoisotopic (exact) mass is 1250 g/mol. The number of aliphatic carboxylic acids is 3. The van der Waals surface area contributed by atoms with Gasteiger partial charge in [0.05, 0.1) is 38.7 Å². The van der Waals surface area contributed by atoms with Crippen LogP contribution in [0.15, 0.2) is 0 Å². The van der Waals surface area contributed by atoms with Gasteiger partial charge in [-0.3, -0.25) is 67.1 Å². The number of rotatable bonds is 46. The van der Waals surface area contributed by atoms with E-state index in [1.807, 2.05) is 5.32 Å². The van der Waals surface area contributed by atoms with Crippen LogP contribution in [0, 0.1) is 11.8 Å². The van der Waals surface area contributed by atoms with Crippen LogP contribution in [-0.4, -0.2) is 219 Å². The van der Waals surface area contributed by atoms with Gasteiger partial charge in [0.2, 0.25) is 70.9 Å². The van der Waals surface area contributed by atoms with E-state index in [1.54, 1.807) is 20.8 Å². The van der Waals surface area contributed by atoms with E-state index < -0.39 is 220 Å². The molecule has 36 heteroatoms. The molecule has 0 aromatic rings. The molecule has 0 fully saturated rings. The molecule has 0 radical (unpaired) electrons. The zero-order valence-corrected chi connectivity index (χ0v) is 49.1. The molecule has 26 N–H and O–H groups in total. The SMILES string of the molecule is CC[C@H](C)[C@H](NC(=O)[C@H](CO)NC(=O)[C@H](CC(=O)O)NC(=O)[C@H](CCC(N)=O)NC(=O)[C@@H](N)CC(N)=O)C(=O)N[C@@H](CO)C(=O)N[C@@H](CO)C(=O)N[C@@H](CCCCN)C(=O)N[C@@H](CC(C)C)C(=O)N[C@@H](CCCCN)C(=O)N[C@@H](CCC(=O)O)C(=O)O. The van der Waals surface area contributed by atoms with E-state index in [1.165, 1.54) is 6.92 Å². The quantitative estimate of drug-likeness (QED) is 0.0252. The van der Waals surface area contributed by atoms with Crippen molar-refractivity contribution in [1.29, 1.82) is 0 Å². The summed E-state index contributed by atoms with van der Waals surface area (Å²) in [5, 5.41) is 81.7. The molecule has 494 valence electrons. The van der Waals surface area contributed by atoms with Crippen molar-refractivity contribution >= 4 is 88.8 Å². The highest BCUT2D eigenvalue weighted by Crippen LogP contribution is 2.13. The Labute approximate surface area is 500 Å². The zero-order valence-electron chi connectivity index (χ0n) is 49.1. The fraction of sp³-hybridized carbons (Fsp3) is 0.706. The second-order valence-electron chi connectivity index (χ2n) is 20.8. The fourth-order valence-corrected chi connectivity index (χ4v) is 7.98. The van der Waals surface area contributed by atoms with Crippen molar-refractivity contribution in [3.63, 3.8) is 0 Å². The van der Waals surface area contributed by atoms with Gasteiger partial charge in [-0.15, -0.1) is 0 Å². The predicted octanol–water partition coefficient (Wildman–Crippen LogP) is -8.95. The number of primary amides is 2. The van der Waals surface area contributed by atoms with E-state index in [4.69, 9.17) is 33.8 Å². The van der Waals surface area contributed by atoms with Crippen molar-refractivity contribution in [3.05, 3.63) is 0 Å². The Morgan fingerprint density at radius 1 is 0.391 bits per heavy atom. The number of carboxylic acids is 3. The number of carbonyl (C=O) groups excluding carboxylic acids is 12. The smallest absolute Gasteiger partial charge is 0.326 e. The van der Waals surface area contributed by atoms with Gasteiger partial charge >= 0.3 is 17.9 Å². The molecular formula is C51H89N15O21. The number of carbonyl (C=O) groups is 15. The average Bonchev–Trinajstić information content (AvgIpc) is 3.23. The van der Waals surface area contributed by atoms with Crippen LogP contribution in [-0.2, 0) is 71.9 Å². The molecule has 12 amide bonds. The van der Waals surface area contributed by atoms with Crippen LogP contribution < -0.4 is 81.8 Å². The van der Waals surface area contributed by atoms with Gasteiger partial charge in [-0.2, -0.15) is 0 Å². The summed E-state index contributed by atoms with van der Waals surface area (Å²) in [6, 6.07) is -18.6. The fourth-order valence-electron chi connectivity index (χ4n) is 7.98. The van der Waals surface area contributed by atoms with Gasteiger partial charge in [-0.1, -0.05) is 34.1 Å². The first-order valence-electron chi connectivity index (χ1n) is 28.1. The lowest BCUT2D eigenvalue weighted by atomic mass is 9.97. The van der Waals surface area contributed by atoms with Crippen LogP contribution in [0.4, 0.5) is 0 Å². The first-order chi connectivity index (χ1) is 40.8. The summed E-state index contributed by atoms with van der Waals surface area (Å²) in [5.41, 5.74) is 27.2. The van der Waals surface area contributed by atoms with Crippen molar-refractivity contribution in [1.82, 2.24) is 53.2 Å². The Morgan fingerprint density at radius 2 is 0.747 bits per heavy atom. The summed E-state index contributed by atoms with van der Waals surface area (Å²) in [7, 11) is 0. The summed E-state index contributed by atoms with van der Waals surface area (Å²) >= 11 is 0. The summed E-state index contributed by atoms with van der Waals surface area (Å²) in [5.74, 6) is -19.0. The number of carboxylic acid groups (broad SMARTS) is 3. The third kappa shape index (κ3) is 31.2. The number of hydrogen-bond donors (Lipinski definition) is 21. The van der Waals surface area contributed by atoms with Crippen LogP contribution in [0.2, 0.25) is 0 Å². The number of hydrogen-bond acceptors (Lipinski definition) is 21. The lowest BCUT2D eigenvalue weighted by Crippen LogP contribution is -2.62. The lowest BCUT2D eigenvalue weighted by Gasteiger charge is -2.29. The highest BCUT2D eigenvalue weighted by molar-refractivity contribution is 6.00. The second kappa shape index (κ2) is 41.8. The van der Waals surface area contributed by atoms with Crippen LogP contribution in [0.25, 0.3) is 0 Å². The number of unbranched alkanes of at least 4 members (excludes halogenated alkanes) is 2. The Bertz CT molecular complexity index is 2370. The molecule has 0 rings (SSSR count). The topological polar surface area (TPSA) is 628 Å². The normalized spacial score (nSPS) is 15.2. The van der Waals surface area contributed by atoms with Gasteiger partial charge < -0.3 is 112 Å². The van der Waals surface area contributed by atoms with Crippen molar-refractivity contribution in [2.24, 2.45) is 40.5 Å². The standard InChI is InChI=1S/C51H89N15O21/c1-5-25(4)40(66-49(84)35(23-69)63-46(81)32(20-39(74)75)62-44(79)29(12-14-36(55)70)57-41(76)26(54)19-37(56)71)50(85)65-34(22-68)48(83)64-33(21-67)47(82)59-28(11-7-9-17-53)43(78)61-31(18-24(2)3)45(80)58-27(10-6-8-16-52)42(77)60-30(51(86)87)13-15-38(72)73/h24-35,40,67-69H,5-23,52-54H2,1-4H3,(H2,55,70)(H2,56,71)(H,57,76)(H,58,80)(H,59,82)(H,60,77)(H,61,78)(H,62,79)(H,63,81)(H,64,83)(H,65,85)(H,66,84)(H,72,73)(H,74,75)(H,86,87)/t25-,26-,27-,28-,29-,30-,31-,32-,33-,34-,35-,40-/m0/s1. The molecular weight excluding hydrogens is 1160 g/mol. The molecule has 0 saturated carbocycles. The van der Waals surface area contributed by atoms with E-state index in [9.17, 15) is 97.5 Å². The highest BCUT2D eigenvalue weighted by Gasteiger charge is 2.37. The lowest BCUT2D eigenvalue weighted by molar-refractivity contribution is -0.144. The zero-order chi connectivity index (χ0) is 66.7. The Morgan fingerprint density at radius 3 is 1.14 bits per heavy atom. The van der Waals surface area contributed by atoms with Crippen molar-refractivity contribution in [2.75, 3.05) is 32.9 Å². The van der Waals surface area contributed by atoms with Gasteiger partial charge in [0.15, 0.2) is 0 Å². The number of amides is 12. The molecule has 0 aliphatic carbocycles. The molecule has 0 aliphatic heterocycles. The van der Waals surface area contributed by atoms with E-state index in [0.29, 0.717) is 12.8 Å². The predicted molar refractivity (Wildman–Crippen MR) is 302 cm³/mol. The minimum absolute atomic E-state index is 0.0397. The third-order valence-electron chi connectivity index (χ3n) is 13.1. The van der Waals surface area contributed by atoms with Crippen molar-refractivity contribution in [2.45, 2.75) is 184 Å². The summed E-state index contributed by atoms with van der Waals surface area (Å²) in [6.45, 7) is 3.29. The third-order valence-corrected chi connectivity index (χ3v) is 13.1. The highest BCUT2D eigenvalue weighted by atomic mass is 16.4. The number of aliphatic hydroxyl groups excluding tert-OH is 3. The molecule has 12 atom stereocenters. The molecule has 0 heterocycles. The summed E-state index contributed by atoms with van der Waals surface area (Å²) in [6.07, 6.45) is -2.78. The molecule has 0 unspecified atom stereocenters. The summed E-state index contributed by atoms with van der Waals surface area (Å²) < 4.78 is 0. The van der Waals surface area contributed by atoms with Gasteiger partial charge in [0.1, 0.15) is 60.4 Å². The number of nitrogens with one attached hydrogen (secondary N) is 10. The molecule has 0 aliphatic rings. The van der Waals surface area contributed by atoms with E-state index in [-0.39, 0.29) is 57.5 Å². The molecule has 87 heavy (non-hydrogen) atoms. The average molecular weight is 1250 g/mol.